The van der Waals surface area contributed by atoms with E-state index in [0.29, 0.717) is 23.3 Å². The highest BCUT2D eigenvalue weighted by Crippen LogP contribution is 2.27. The van der Waals surface area contributed by atoms with Crippen LogP contribution in [0.15, 0.2) is 65.6 Å². The van der Waals surface area contributed by atoms with E-state index in [4.69, 9.17) is 0 Å². The number of aliphatic hydroxyl groups excluding tert-OH is 1. The SMILES string of the molecule is CC.CC(C)(C)NC(=O)c1ccccc1SCC(O)Cc1ccc2ccccc2c1C(=O)NC(C)(C)C. The lowest BCUT2D eigenvalue weighted by Gasteiger charge is -2.23. The van der Waals surface area contributed by atoms with E-state index in [1.54, 1.807) is 6.07 Å². The molecule has 0 aliphatic heterocycles. The van der Waals surface area contributed by atoms with E-state index in [1.807, 2.05) is 110 Å². The van der Waals surface area contributed by atoms with Gasteiger partial charge in [-0.1, -0.05) is 62.4 Å². The fourth-order valence-electron chi connectivity index (χ4n) is 3.84. The minimum Gasteiger partial charge on any atom is -0.392 e. The zero-order valence-electron chi connectivity index (χ0n) is 23.4. The third-order valence-electron chi connectivity index (χ3n) is 5.24. The van der Waals surface area contributed by atoms with Gasteiger partial charge < -0.3 is 15.7 Å². The number of rotatable bonds is 7. The van der Waals surface area contributed by atoms with Gasteiger partial charge in [0.2, 0.25) is 0 Å². The molecule has 0 radical (unpaired) electrons. The lowest BCUT2D eigenvalue weighted by molar-refractivity contribution is 0.0908. The van der Waals surface area contributed by atoms with Crippen molar-refractivity contribution in [1.29, 1.82) is 0 Å². The summed E-state index contributed by atoms with van der Waals surface area (Å²) in [5, 5.41) is 18.9. The van der Waals surface area contributed by atoms with Crippen LogP contribution < -0.4 is 10.6 Å². The van der Waals surface area contributed by atoms with E-state index >= 15 is 0 Å². The zero-order valence-corrected chi connectivity index (χ0v) is 24.3. The lowest BCUT2D eigenvalue weighted by atomic mass is 9.94. The first-order valence-corrected chi connectivity index (χ1v) is 13.9. The summed E-state index contributed by atoms with van der Waals surface area (Å²) in [4.78, 5) is 26.8. The van der Waals surface area contributed by atoms with Gasteiger partial charge in [-0.05, 0) is 76.4 Å². The molecule has 200 valence electrons. The van der Waals surface area contributed by atoms with Crippen molar-refractivity contribution in [2.45, 2.75) is 83.9 Å². The number of hydrogen-bond donors (Lipinski definition) is 3. The van der Waals surface area contributed by atoms with Gasteiger partial charge in [0.25, 0.3) is 11.8 Å². The van der Waals surface area contributed by atoms with Crippen molar-refractivity contribution in [2.24, 2.45) is 0 Å². The molecular formula is C31H42N2O3S. The molecule has 0 fully saturated rings. The van der Waals surface area contributed by atoms with E-state index in [0.717, 1.165) is 21.2 Å². The molecule has 0 aromatic heterocycles. The van der Waals surface area contributed by atoms with E-state index in [1.165, 1.54) is 11.8 Å². The largest absolute Gasteiger partial charge is 0.392 e. The third kappa shape index (κ3) is 9.20. The molecule has 0 aliphatic rings. The second kappa shape index (κ2) is 13.1. The highest BCUT2D eigenvalue weighted by Gasteiger charge is 2.22. The van der Waals surface area contributed by atoms with Crippen LogP contribution in [0.5, 0.6) is 0 Å². The summed E-state index contributed by atoms with van der Waals surface area (Å²) < 4.78 is 0. The van der Waals surface area contributed by atoms with Gasteiger partial charge in [-0.15, -0.1) is 11.8 Å². The Labute approximate surface area is 226 Å². The van der Waals surface area contributed by atoms with Crippen LogP contribution in [0.3, 0.4) is 0 Å². The maximum Gasteiger partial charge on any atom is 0.252 e. The van der Waals surface area contributed by atoms with Crippen LogP contribution in [0.1, 0.15) is 81.7 Å². The van der Waals surface area contributed by atoms with Crippen molar-refractivity contribution >= 4 is 34.3 Å². The zero-order chi connectivity index (χ0) is 27.8. The standard InChI is InChI=1S/C29H36N2O3S.C2H6/c1-28(2,3)30-26(33)23-13-9-10-14-24(23)35-18-21(32)17-20-16-15-19-11-7-8-12-22(19)25(20)27(34)31-29(4,5)6;1-2/h7-16,21,32H,17-18H2,1-6H3,(H,30,33)(H,31,34);1-2H3. The minimum absolute atomic E-state index is 0.134. The molecule has 0 aliphatic carbocycles. The molecule has 37 heavy (non-hydrogen) atoms. The van der Waals surface area contributed by atoms with E-state index in [-0.39, 0.29) is 22.9 Å². The van der Waals surface area contributed by atoms with Crippen molar-refractivity contribution < 1.29 is 14.7 Å². The van der Waals surface area contributed by atoms with Gasteiger partial charge in [0.1, 0.15) is 0 Å². The normalized spacial score (nSPS) is 12.4. The summed E-state index contributed by atoms with van der Waals surface area (Å²) in [5.41, 5.74) is 1.28. The third-order valence-corrected chi connectivity index (χ3v) is 6.46. The molecule has 5 nitrogen and oxygen atoms in total. The molecule has 0 bridgehead atoms. The molecule has 0 saturated carbocycles. The Morgan fingerprint density at radius 3 is 2.03 bits per heavy atom. The Balaban J connectivity index is 0.00000235. The quantitative estimate of drug-likeness (QED) is 0.305. The number of amides is 2. The van der Waals surface area contributed by atoms with Crippen LogP contribution in [0.4, 0.5) is 0 Å². The number of fused-ring (bicyclic) bond motifs is 1. The fraction of sp³-hybridized carbons (Fsp3) is 0.419. The van der Waals surface area contributed by atoms with Crippen LogP contribution in [-0.4, -0.2) is 39.9 Å². The molecule has 6 heteroatoms. The molecule has 2 amide bonds. The van der Waals surface area contributed by atoms with Gasteiger partial charge in [0, 0.05) is 21.7 Å². The summed E-state index contributed by atoms with van der Waals surface area (Å²) in [5.74, 6) is 0.117. The number of aliphatic hydroxyl groups is 1. The maximum atomic E-state index is 13.2. The highest BCUT2D eigenvalue weighted by atomic mass is 32.2. The molecule has 1 atom stereocenters. The summed E-state index contributed by atoms with van der Waals surface area (Å²) in [6.45, 7) is 15.7. The van der Waals surface area contributed by atoms with Gasteiger partial charge >= 0.3 is 0 Å². The van der Waals surface area contributed by atoms with Crippen molar-refractivity contribution in [2.75, 3.05) is 5.75 Å². The fourth-order valence-corrected chi connectivity index (χ4v) is 4.83. The number of thioether (sulfide) groups is 1. The molecule has 0 heterocycles. The number of carbonyl (C=O) groups is 2. The molecule has 3 aromatic carbocycles. The minimum atomic E-state index is -0.693. The van der Waals surface area contributed by atoms with Crippen molar-refractivity contribution in [1.82, 2.24) is 10.6 Å². The van der Waals surface area contributed by atoms with Crippen LogP contribution in [0.2, 0.25) is 0 Å². The molecule has 0 saturated heterocycles. The Morgan fingerprint density at radius 2 is 1.38 bits per heavy atom. The van der Waals surface area contributed by atoms with E-state index in [2.05, 4.69) is 10.6 Å². The van der Waals surface area contributed by atoms with Crippen LogP contribution in [0, 0.1) is 0 Å². The molecule has 1 unspecified atom stereocenters. The van der Waals surface area contributed by atoms with Gasteiger partial charge in [0.15, 0.2) is 0 Å². The van der Waals surface area contributed by atoms with Crippen LogP contribution in [-0.2, 0) is 6.42 Å². The highest BCUT2D eigenvalue weighted by molar-refractivity contribution is 7.99. The Kier molecular flexibility index (Phi) is 10.8. The van der Waals surface area contributed by atoms with Crippen LogP contribution >= 0.6 is 11.8 Å². The topological polar surface area (TPSA) is 78.4 Å². The van der Waals surface area contributed by atoms with Gasteiger partial charge in [-0.25, -0.2) is 0 Å². The molecule has 0 spiro atoms. The van der Waals surface area contributed by atoms with Crippen LogP contribution in [0.25, 0.3) is 10.8 Å². The monoisotopic (exact) mass is 522 g/mol. The average Bonchev–Trinajstić information content (AvgIpc) is 2.81. The predicted molar refractivity (Wildman–Crippen MR) is 157 cm³/mol. The second-order valence-corrected chi connectivity index (χ2v) is 12.0. The lowest BCUT2D eigenvalue weighted by Crippen LogP contribution is -2.41. The van der Waals surface area contributed by atoms with Crippen molar-refractivity contribution in [3.8, 4) is 0 Å². The van der Waals surface area contributed by atoms with E-state index < -0.39 is 6.10 Å². The summed E-state index contributed by atoms with van der Waals surface area (Å²) in [6, 6.07) is 19.1. The summed E-state index contributed by atoms with van der Waals surface area (Å²) in [7, 11) is 0. The Morgan fingerprint density at radius 1 is 0.811 bits per heavy atom. The molecule has 3 aromatic rings. The maximum absolute atomic E-state index is 13.2. The average molecular weight is 523 g/mol. The molecular weight excluding hydrogens is 480 g/mol. The van der Waals surface area contributed by atoms with Gasteiger partial charge in [-0.3, -0.25) is 9.59 Å². The summed E-state index contributed by atoms with van der Waals surface area (Å²) >= 11 is 1.45. The number of hydrogen-bond acceptors (Lipinski definition) is 4. The first-order chi connectivity index (χ1) is 17.3. The van der Waals surface area contributed by atoms with E-state index in [9.17, 15) is 14.7 Å². The van der Waals surface area contributed by atoms with Gasteiger partial charge in [0.05, 0.1) is 17.2 Å². The number of benzene rings is 3. The molecule has 3 N–H and O–H groups in total. The predicted octanol–water partition coefficient (Wildman–Crippen LogP) is 6.62. The first-order valence-electron chi connectivity index (χ1n) is 12.9. The van der Waals surface area contributed by atoms with Crippen molar-refractivity contribution in [3.63, 3.8) is 0 Å². The second-order valence-electron chi connectivity index (χ2n) is 10.9. The number of carbonyl (C=O) groups excluding carboxylic acids is 2. The number of nitrogens with one attached hydrogen (secondary N) is 2. The Bertz CT molecular complexity index is 1210. The smallest absolute Gasteiger partial charge is 0.252 e. The van der Waals surface area contributed by atoms with Crippen molar-refractivity contribution in [3.05, 3.63) is 77.4 Å². The first kappa shape index (κ1) is 30.4. The molecule has 3 rings (SSSR count). The van der Waals surface area contributed by atoms with Gasteiger partial charge in [-0.2, -0.15) is 0 Å². The Hall–Kier alpha value is -2.83. The summed E-state index contributed by atoms with van der Waals surface area (Å²) in [6.07, 6.45) is -0.359.